The molecule has 1 aliphatic rings. The minimum Gasteiger partial charge on any atom is -0.473 e. The van der Waals surface area contributed by atoms with Gasteiger partial charge in [0.15, 0.2) is 0 Å². The average molecular weight is 567 g/mol. The number of ether oxygens (including phenoxy) is 1. The van der Waals surface area contributed by atoms with Gasteiger partial charge in [-0.05, 0) is 29.4 Å². The number of nitrogens with one attached hydrogen (secondary N) is 1. The lowest BCUT2D eigenvalue weighted by molar-refractivity contribution is -0.159. The Morgan fingerprint density at radius 2 is 1.48 bits per heavy atom. The summed E-state index contributed by atoms with van der Waals surface area (Å²) >= 11 is 0. The molecule has 2 heterocycles. The molecule has 1 fully saturated rings. The van der Waals surface area contributed by atoms with Gasteiger partial charge in [0.1, 0.15) is 0 Å². The van der Waals surface area contributed by atoms with E-state index in [1.165, 1.54) is 32.8 Å². The van der Waals surface area contributed by atoms with E-state index in [-0.39, 0.29) is 6.10 Å². The molecule has 0 radical (unpaired) electrons. The smallest absolute Gasteiger partial charge is 0.414 e. The second-order valence-corrected chi connectivity index (χ2v) is 10.3. The van der Waals surface area contributed by atoms with Gasteiger partial charge in [-0.25, -0.2) is 9.59 Å². The van der Waals surface area contributed by atoms with Gasteiger partial charge < -0.3 is 29.9 Å². The largest absolute Gasteiger partial charge is 0.473 e. The third-order valence-corrected chi connectivity index (χ3v) is 7.41. The van der Waals surface area contributed by atoms with Crippen molar-refractivity contribution in [1.82, 2.24) is 9.88 Å². The zero-order valence-corrected chi connectivity index (χ0v) is 23.1. The van der Waals surface area contributed by atoms with Gasteiger partial charge in [-0.3, -0.25) is 0 Å². The second kappa shape index (κ2) is 13.4. The quantitative estimate of drug-likeness (QED) is 0.185. The Hall–Kier alpha value is -4.50. The van der Waals surface area contributed by atoms with Crippen LogP contribution >= 0.6 is 0 Å². The summed E-state index contributed by atoms with van der Waals surface area (Å²) in [5.41, 5.74) is 5.86. The summed E-state index contributed by atoms with van der Waals surface area (Å²) in [6, 6.07) is 34.2. The van der Waals surface area contributed by atoms with Crippen LogP contribution < -0.4 is 5.32 Å². The number of carboxylic acid groups (broad SMARTS) is 2. The highest BCUT2D eigenvalue weighted by Crippen LogP contribution is 2.43. The molecule has 1 aromatic heterocycles. The molecule has 0 aliphatic carbocycles. The van der Waals surface area contributed by atoms with Crippen LogP contribution in [-0.2, 0) is 20.9 Å². The third-order valence-electron chi connectivity index (χ3n) is 7.41. The maximum atomic E-state index is 11.2. The summed E-state index contributed by atoms with van der Waals surface area (Å²) in [6.07, 6.45) is 1.95. The van der Waals surface area contributed by atoms with E-state index in [2.05, 4.69) is 107 Å². The number of carbonyl (C=O) groups is 2. The fraction of sp³-hybridized carbons (Fsp3) is 0.235. The summed E-state index contributed by atoms with van der Waals surface area (Å²) in [4.78, 5) is 18.2. The van der Waals surface area contributed by atoms with E-state index < -0.39 is 18.0 Å². The highest BCUT2D eigenvalue weighted by Gasteiger charge is 2.23. The van der Waals surface area contributed by atoms with Gasteiger partial charge in [-0.2, -0.15) is 0 Å². The van der Waals surface area contributed by atoms with E-state index in [0.717, 1.165) is 37.3 Å². The van der Waals surface area contributed by atoms with Gasteiger partial charge in [0.05, 0.1) is 30.0 Å². The number of aliphatic carboxylic acids is 2. The SMILES string of the molecule is O=C(O)C(=O)O.OC(CNCC1CCCO1)Cn1c(-c2ccccc2)c(-c2ccccc2)c2ccc3ccccc3c21. The Kier molecular flexibility index (Phi) is 9.28. The van der Waals surface area contributed by atoms with Gasteiger partial charge >= 0.3 is 11.9 Å². The van der Waals surface area contributed by atoms with Crippen molar-refractivity contribution in [2.75, 3.05) is 19.7 Å². The molecule has 0 amide bonds. The lowest BCUT2D eigenvalue weighted by Gasteiger charge is -2.19. The minimum atomic E-state index is -1.82. The fourth-order valence-electron chi connectivity index (χ4n) is 5.59. The van der Waals surface area contributed by atoms with Crippen LogP contribution in [0.5, 0.6) is 0 Å². The molecule has 5 aromatic rings. The molecular formula is C34H34N2O6. The molecule has 2 unspecified atom stereocenters. The molecule has 216 valence electrons. The molecule has 4 aromatic carbocycles. The first-order valence-electron chi connectivity index (χ1n) is 14.1. The van der Waals surface area contributed by atoms with Crippen LogP contribution in [0.4, 0.5) is 0 Å². The van der Waals surface area contributed by atoms with Crippen LogP contribution in [0, 0.1) is 0 Å². The number of aromatic nitrogens is 1. The monoisotopic (exact) mass is 566 g/mol. The number of aliphatic hydroxyl groups excluding tert-OH is 1. The highest BCUT2D eigenvalue weighted by molar-refractivity contribution is 6.27. The molecule has 0 spiro atoms. The molecule has 0 saturated carbocycles. The van der Waals surface area contributed by atoms with Crippen LogP contribution in [0.3, 0.4) is 0 Å². The van der Waals surface area contributed by atoms with Crippen LogP contribution in [0.2, 0.25) is 0 Å². The summed E-state index contributed by atoms with van der Waals surface area (Å²) in [5, 5.41) is 33.1. The number of aliphatic hydroxyl groups is 1. The predicted octanol–water partition coefficient (Wildman–Crippen LogP) is 5.41. The number of rotatable bonds is 8. The lowest BCUT2D eigenvalue weighted by Crippen LogP contribution is -2.35. The first-order valence-corrected chi connectivity index (χ1v) is 14.1. The van der Waals surface area contributed by atoms with E-state index in [1.54, 1.807) is 0 Å². The van der Waals surface area contributed by atoms with Crippen molar-refractivity contribution in [3.05, 3.63) is 97.1 Å². The van der Waals surface area contributed by atoms with E-state index in [9.17, 15) is 5.11 Å². The Morgan fingerprint density at radius 1 is 0.833 bits per heavy atom. The van der Waals surface area contributed by atoms with Crippen molar-refractivity contribution in [1.29, 1.82) is 0 Å². The topological polar surface area (TPSA) is 121 Å². The van der Waals surface area contributed by atoms with Crippen LogP contribution in [-0.4, -0.2) is 63.7 Å². The standard InChI is InChI=1S/C32H32N2O2.C2H2O4/c35-26(20-33-21-27-15-9-19-36-27)22-34-31(25-13-5-2-6-14-25)30(24-11-3-1-4-12-24)29-18-17-23-10-7-8-16-28(23)32(29)34;3-1(4)2(5)6/h1-8,10-14,16-18,26-27,33,35H,9,15,19-22H2;(H,3,4)(H,5,6). The van der Waals surface area contributed by atoms with E-state index in [1.807, 2.05) is 0 Å². The van der Waals surface area contributed by atoms with Crippen LogP contribution in [0.1, 0.15) is 12.8 Å². The van der Waals surface area contributed by atoms with Gasteiger partial charge in [0.2, 0.25) is 0 Å². The van der Waals surface area contributed by atoms with Crippen molar-refractivity contribution in [3.8, 4) is 22.4 Å². The van der Waals surface area contributed by atoms with Crippen molar-refractivity contribution in [2.45, 2.75) is 31.6 Å². The van der Waals surface area contributed by atoms with E-state index >= 15 is 0 Å². The van der Waals surface area contributed by atoms with Gasteiger partial charge in [-0.1, -0.05) is 97.1 Å². The zero-order chi connectivity index (χ0) is 29.5. The molecule has 6 rings (SSSR count). The Balaban J connectivity index is 0.000000535. The Labute approximate surface area is 243 Å². The number of nitrogens with zero attached hydrogens (tertiary/aromatic N) is 1. The summed E-state index contributed by atoms with van der Waals surface area (Å²) in [7, 11) is 0. The van der Waals surface area contributed by atoms with Gasteiger partial charge in [0.25, 0.3) is 0 Å². The maximum absolute atomic E-state index is 11.2. The minimum absolute atomic E-state index is 0.262. The average Bonchev–Trinajstić information content (AvgIpc) is 3.65. The van der Waals surface area contributed by atoms with Gasteiger partial charge in [-0.15, -0.1) is 0 Å². The molecule has 2 atom stereocenters. The van der Waals surface area contributed by atoms with Crippen molar-refractivity contribution in [2.24, 2.45) is 0 Å². The summed E-state index contributed by atoms with van der Waals surface area (Å²) in [5.74, 6) is -3.65. The first kappa shape index (κ1) is 29.0. The fourth-order valence-corrected chi connectivity index (χ4v) is 5.59. The lowest BCUT2D eigenvalue weighted by atomic mass is 9.97. The van der Waals surface area contributed by atoms with Crippen molar-refractivity contribution in [3.63, 3.8) is 0 Å². The van der Waals surface area contributed by atoms with Crippen LogP contribution in [0.15, 0.2) is 97.1 Å². The molecule has 0 bridgehead atoms. The number of hydrogen-bond acceptors (Lipinski definition) is 5. The molecule has 8 nitrogen and oxygen atoms in total. The van der Waals surface area contributed by atoms with Crippen molar-refractivity contribution >= 4 is 33.6 Å². The third kappa shape index (κ3) is 6.52. The molecule has 1 saturated heterocycles. The predicted molar refractivity (Wildman–Crippen MR) is 163 cm³/mol. The van der Waals surface area contributed by atoms with Crippen molar-refractivity contribution < 1.29 is 29.6 Å². The first-order chi connectivity index (χ1) is 20.4. The van der Waals surface area contributed by atoms with Gasteiger partial charge in [0, 0.05) is 36.0 Å². The molecule has 4 N–H and O–H groups in total. The number of hydrogen-bond donors (Lipinski definition) is 4. The molecular weight excluding hydrogens is 532 g/mol. The van der Waals surface area contributed by atoms with E-state index in [4.69, 9.17) is 24.5 Å². The number of benzene rings is 4. The maximum Gasteiger partial charge on any atom is 0.414 e. The number of carboxylic acids is 2. The normalized spacial score (nSPS) is 15.3. The Bertz CT molecular complexity index is 1650. The van der Waals surface area contributed by atoms with E-state index in [0.29, 0.717) is 13.1 Å². The summed E-state index contributed by atoms with van der Waals surface area (Å²) in [6.45, 7) is 2.66. The molecule has 8 heteroatoms. The zero-order valence-electron chi connectivity index (χ0n) is 23.1. The molecule has 1 aliphatic heterocycles. The van der Waals surface area contributed by atoms with Crippen LogP contribution in [0.25, 0.3) is 44.1 Å². The second-order valence-electron chi connectivity index (χ2n) is 10.3. The molecule has 42 heavy (non-hydrogen) atoms. The number of fused-ring (bicyclic) bond motifs is 3. The Morgan fingerprint density at radius 3 is 2.12 bits per heavy atom. The summed E-state index contributed by atoms with van der Waals surface area (Å²) < 4.78 is 8.08. The highest BCUT2D eigenvalue weighted by atomic mass is 16.5.